The molecule has 3 rings (SSSR count). The summed E-state index contributed by atoms with van der Waals surface area (Å²) in [6, 6.07) is 4.74. The summed E-state index contributed by atoms with van der Waals surface area (Å²) in [5.74, 6) is 0. The highest BCUT2D eigenvalue weighted by atomic mass is 15.3. The van der Waals surface area contributed by atoms with Crippen molar-refractivity contribution in [2.24, 2.45) is 0 Å². The highest BCUT2D eigenvalue weighted by Gasteiger charge is 2.29. The van der Waals surface area contributed by atoms with Gasteiger partial charge in [0.15, 0.2) is 0 Å². The molecule has 0 bridgehead atoms. The molecule has 2 fully saturated rings. The standard InChI is InChI=1S/C14H18N4/c15-9-12-4-5-16-10-14(12)18-8-7-17-6-2-1-3-13(17)11-18/h4-5,10,13H,1-3,6-8,11H2. The van der Waals surface area contributed by atoms with Crippen molar-refractivity contribution in [2.75, 3.05) is 31.1 Å². The van der Waals surface area contributed by atoms with Crippen molar-refractivity contribution >= 4 is 5.69 Å². The number of nitrogens with zero attached hydrogens (tertiary/aromatic N) is 4. The number of hydrogen-bond acceptors (Lipinski definition) is 4. The van der Waals surface area contributed by atoms with Crippen LogP contribution in [-0.2, 0) is 0 Å². The first kappa shape index (κ1) is 11.5. The van der Waals surface area contributed by atoms with Crippen molar-refractivity contribution in [2.45, 2.75) is 25.3 Å². The first-order valence-electron chi connectivity index (χ1n) is 6.71. The lowest BCUT2D eigenvalue weighted by Gasteiger charge is -2.44. The van der Waals surface area contributed by atoms with E-state index in [0.29, 0.717) is 6.04 Å². The predicted molar refractivity (Wildman–Crippen MR) is 70.4 cm³/mol. The molecule has 1 aromatic heterocycles. The zero-order chi connectivity index (χ0) is 12.4. The van der Waals surface area contributed by atoms with Crippen LogP contribution in [0.5, 0.6) is 0 Å². The molecular weight excluding hydrogens is 224 g/mol. The van der Waals surface area contributed by atoms with E-state index >= 15 is 0 Å². The third-order valence-electron chi connectivity index (χ3n) is 4.10. The predicted octanol–water partition coefficient (Wildman–Crippen LogP) is 1.63. The second-order valence-corrected chi connectivity index (χ2v) is 5.14. The molecule has 1 atom stereocenters. The Balaban J connectivity index is 1.79. The monoisotopic (exact) mass is 242 g/mol. The normalized spacial score (nSPS) is 24.4. The molecule has 0 saturated carbocycles. The van der Waals surface area contributed by atoms with E-state index in [4.69, 9.17) is 5.26 Å². The molecule has 0 N–H and O–H groups in total. The van der Waals surface area contributed by atoms with Crippen LogP contribution < -0.4 is 4.90 Å². The molecule has 0 amide bonds. The Morgan fingerprint density at radius 3 is 3.11 bits per heavy atom. The summed E-state index contributed by atoms with van der Waals surface area (Å²) in [4.78, 5) is 9.10. The minimum atomic E-state index is 0.666. The maximum Gasteiger partial charge on any atom is 0.101 e. The lowest BCUT2D eigenvalue weighted by molar-refractivity contribution is 0.133. The van der Waals surface area contributed by atoms with E-state index in [1.54, 1.807) is 6.20 Å². The number of pyridine rings is 1. The molecule has 4 heteroatoms. The quantitative estimate of drug-likeness (QED) is 0.750. The number of anilines is 1. The molecule has 1 unspecified atom stereocenters. The van der Waals surface area contributed by atoms with Gasteiger partial charge in [0.25, 0.3) is 0 Å². The van der Waals surface area contributed by atoms with Crippen molar-refractivity contribution in [3.05, 3.63) is 24.0 Å². The van der Waals surface area contributed by atoms with E-state index in [1.165, 1.54) is 25.8 Å². The third kappa shape index (κ3) is 2.06. The lowest BCUT2D eigenvalue weighted by atomic mass is 9.99. The minimum Gasteiger partial charge on any atom is -0.366 e. The van der Waals surface area contributed by atoms with Crippen LogP contribution in [0.25, 0.3) is 0 Å². The Morgan fingerprint density at radius 2 is 2.22 bits per heavy atom. The second kappa shape index (κ2) is 4.95. The molecule has 18 heavy (non-hydrogen) atoms. The van der Waals surface area contributed by atoms with E-state index in [0.717, 1.165) is 30.9 Å². The molecule has 3 heterocycles. The Bertz CT molecular complexity index is 465. The first-order valence-corrected chi connectivity index (χ1v) is 6.71. The molecule has 94 valence electrons. The number of piperazine rings is 1. The van der Waals surface area contributed by atoms with E-state index in [2.05, 4.69) is 20.9 Å². The van der Waals surface area contributed by atoms with Crippen LogP contribution in [0, 0.1) is 11.3 Å². The zero-order valence-electron chi connectivity index (χ0n) is 10.5. The average Bonchev–Trinajstić information content (AvgIpc) is 2.46. The van der Waals surface area contributed by atoms with E-state index in [-0.39, 0.29) is 0 Å². The molecule has 0 spiro atoms. The maximum atomic E-state index is 9.17. The van der Waals surface area contributed by atoms with E-state index in [9.17, 15) is 0 Å². The maximum absolute atomic E-state index is 9.17. The first-order chi connectivity index (χ1) is 8.88. The van der Waals surface area contributed by atoms with Gasteiger partial charge in [-0.3, -0.25) is 9.88 Å². The molecule has 2 saturated heterocycles. The lowest BCUT2D eigenvalue weighted by Crippen LogP contribution is -2.55. The average molecular weight is 242 g/mol. The molecular formula is C14H18N4. The number of nitriles is 1. The molecule has 4 nitrogen and oxygen atoms in total. The second-order valence-electron chi connectivity index (χ2n) is 5.14. The summed E-state index contributed by atoms with van der Waals surface area (Å²) in [7, 11) is 0. The van der Waals surface area contributed by atoms with Gasteiger partial charge < -0.3 is 4.90 Å². The van der Waals surface area contributed by atoms with Crippen LogP contribution in [0.15, 0.2) is 18.5 Å². The summed E-state index contributed by atoms with van der Waals surface area (Å²) < 4.78 is 0. The fraction of sp³-hybridized carbons (Fsp3) is 0.571. The van der Waals surface area contributed by atoms with Crippen LogP contribution in [0.2, 0.25) is 0 Å². The van der Waals surface area contributed by atoms with Gasteiger partial charge in [0.2, 0.25) is 0 Å². The van der Waals surface area contributed by atoms with Crippen molar-refractivity contribution in [1.29, 1.82) is 5.26 Å². The van der Waals surface area contributed by atoms with Gasteiger partial charge in [-0.2, -0.15) is 5.26 Å². The summed E-state index contributed by atoms with van der Waals surface area (Å²) in [6.07, 6.45) is 7.49. The third-order valence-corrected chi connectivity index (χ3v) is 4.10. The van der Waals surface area contributed by atoms with Crippen LogP contribution in [0.4, 0.5) is 5.69 Å². The van der Waals surface area contributed by atoms with E-state index in [1.807, 2.05) is 12.3 Å². The Hall–Kier alpha value is -1.60. The molecule has 0 aliphatic carbocycles. The van der Waals surface area contributed by atoms with Gasteiger partial charge >= 0.3 is 0 Å². The number of aromatic nitrogens is 1. The van der Waals surface area contributed by atoms with Gasteiger partial charge in [0, 0.05) is 31.9 Å². The zero-order valence-corrected chi connectivity index (χ0v) is 10.5. The van der Waals surface area contributed by atoms with Gasteiger partial charge in [-0.15, -0.1) is 0 Å². The van der Waals surface area contributed by atoms with Gasteiger partial charge in [0.1, 0.15) is 6.07 Å². The van der Waals surface area contributed by atoms with Crippen molar-refractivity contribution in [3.8, 4) is 6.07 Å². The Labute approximate surface area is 108 Å². The fourth-order valence-electron chi connectivity index (χ4n) is 3.11. The van der Waals surface area contributed by atoms with Gasteiger partial charge in [-0.25, -0.2) is 0 Å². The smallest absolute Gasteiger partial charge is 0.101 e. The fourth-order valence-corrected chi connectivity index (χ4v) is 3.11. The summed E-state index contributed by atoms with van der Waals surface area (Å²) >= 11 is 0. The number of hydrogen-bond donors (Lipinski definition) is 0. The van der Waals surface area contributed by atoms with Gasteiger partial charge in [-0.05, 0) is 25.5 Å². The molecule has 1 aromatic rings. The molecule has 2 aliphatic heterocycles. The van der Waals surface area contributed by atoms with Crippen LogP contribution in [0.1, 0.15) is 24.8 Å². The van der Waals surface area contributed by atoms with Crippen molar-refractivity contribution < 1.29 is 0 Å². The Morgan fingerprint density at radius 1 is 1.28 bits per heavy atom. The largest absolute Gasteiger partial charge is 0.366 e. The highest BCUT2D eigenvalue weighted by molar-refractivity contribution is 5.58. The molecule has 0 aromatic carbocycles. The molecule has 2 aliphatic rings. The van der Waals surface area contributed by atoms with Crippen molar-refractivity contribution in [1.82, 2.24) is 9.88 Å². The minimum absolute atomic E-state index is 0.666. The summed E-state index contributed by atoms with van der Waals surface area (Å²) in [5.41, 5.74) is 1.75. The van der Waals surface area contributed by atoms with Gasteiger partial charge in [0.05, 0.1) is 17.4 Å². The topological polar surface area (TPSA) is 43.2 Å². The summed E-state index contributed by atoms with van der Waals surface area (Å²) in [6.45, 7) is 4.42. The van der Waals surface area contributed by atoms with E-state index < -0.39 is 0 Å². The van der Waals surface area contributed by atoms with Crippen LogP contribution >= 0.6 is 0 Å². The summed E-state index contributed by atoms with van der Waals surface area (Å²) in [5, 5.41) is 9.17. The number of rotatable bonds is 1. The van der Waals surface area contributed by atoms with Gasteiger partial charge in [-0.1, -0.05) is 6.42 Å². The van der Waals surface area contributed by atoms with Crippen molar-refractivity contribution in [3.63, 3.8) is 0 Å². The van der Waals surface area contributed by atoms with Crippen LogP contribution in [0.3, 0.4) is 0 Å². The van der Waals surface area contributed by atoms with Crippen LogP contribution in [-0.4, -0.2) is 42.1 Å². The number of piperidine rings is 1. The molecule has 0 radical (unpaired) electrons. The Kier molecular flexibility index (Phi) is 3.16. The SMILES string of the molecule is N#Cc1ccncc1N1CCN2CCCCC2C1. The highest BCUT2D eigenvalue weighted by Crippen LogP contribution is 2.26. The number of fused-ring (bicyclic) bond motifs is 1.